The molecule has 0 aliphatic rings. The van der Waals surface area contributed by atoms with E-state index in [1.807, 2.05) is 54.6 Å². The second-order valence-corrected chi connectivity index (χ2v) is 3.47. The molecule has 0 bridgehead atoms. The van der Waals surface area contributed by atoms with Gasteiger partial charge in [0.25, 0.3) is 0 Å². The van der Waals surface area contributed by atoms with Gasteiger partial charge in [-0.15, -0.1) is 0 Å². The average molecular weight is 228 g/mol. The molecule has 0 saturated heterocycles. The third-order valence-corrected chi connectivity index (χ3v) is 2.32. The summed E-state index contributed by atoms with van der Waals surface area (Å²) in [5.74, 6) is 0. The van der Waals surface area contributed by atoms with Gasteiger partial charge in [0, 0.05) is 5.56 Å². The Balaban J connectivity index is 2.31. The molecular weight excluding hydrogens is 216 g/mol. The Hall–Kier alpha value is -2.49. The lowest BCUT2D eigenvalue weighted by Crippen LogP contribution is -2.27. The maximum absolute atomic E-state index is 10.4. The van der Waals surface area contributed by atoms with Crippen LogP contribution in [0.1, 0.15) is 0 Å². The van der Waals surface area contributed by atoms with Gasteiger partial charge in [-0.25, -0.2) is 10.2 Å². The zero-order valence-electron chi connectivity index (χ0n) is 9.05. The van der Waals surface area contributed by atoms with E-state index in [1.54, 1.807) is 0 Å². The van der Waals surface area contributed by atoms with Gasteiger partial charge in [-0.1, -0.05) is 48.5 Å². The van der Waals surface area contributed by atoms with Gasteiger partial charge < -0.3 is 5.11 Å². The van der Waals surface area contributed by atoms with E-state index in [9.17, 15) is 4.79 Å². The van der Waals surface area contributed by atoms with Crippen molar-refractivity contribution in [1.29, 1.82) is 0 Å². The standard InChI is InChI=1S/C13H12N2O2/c16-13(17)15-14-12-9-5-4-8-11(12)10-6-2-1-3-7-10/h1-9,14-15H,(H,16,17). The first kappa shape index (κ1) is 11.0. The van der Waals surface area contributed by atoms with E-state index in [-0.39, 0.29) is 0 Å². The van der Waals surface area contributed by atoms with E-state index in [4.69, 9.17) is 5.11 Å². The number of anilines is 1. The predicted octanol–water partition coefficient (Wildman–Crippen LogP) is 2.95. The van der Waals surface area contributed by atoms with Crippen LogP contribution in [-0.4, -0.2) is 11.2 Å². The largest absolute Gasteiger partial charge is 0.464 e. The number of para-hydroxylation sites is 1. The average Bonchev–Trinajstić information content (AvgIpc) is 2.38. The van der Waals surface area contributed by atoms with Gasteiger partial charge in [0.15, 0.2) is 0 Å². The normalized spacial score (nSPS) is 9.65. The van der Waals surface area contributed by atoms with Crippen LogP contribution in [0.3, 0.4) is 0 Å². The number of nitrogens with one attached hydrogen (secondary N) is 2. The summed E-state index contributed by atoms with van der Waals surface area (Å²) in [5.41, 5.74) is 7.50. The number of hydrogen-bond acceptors (Lipinski definition) is 2. The summed E-state index contributed by atoms with van der Waals surface area (Å²) in [6.07, 6.45) is -1.12. The number of rotatable bonds is 3. The van der Waals surface area contributed by atoms with Crippen LogP contribution in [0.15, 0.2) is 54.6 Å². The highest BCUT2D eigenvalue weighted by Gasteiger charge is 2.04. The lowest BCUT2D eigenvalue weighted by molar-refractivity contribution is 0.197. The van der Waals surface area contributed by atoms with Gasteiger partial charge in [-0.3, -0.25) is 5.43 Å². The molecule has 4 heteroatoms. The molecule has 0 spiro atoms. The predicted molar refractivity (Wildman–Crippen MR) is 66.7 cm³/mol. The van der Waals surface area contributed by atoms with Crippen LogP contribution < -0.4 is 10.9 Å². The molecule has 0 heterocycles. The lowest BCUT2D eigenvalue weighted by Gasteiger charge is -2.11. The molecule has 0 saturated carbocycles. The van der Waals surface area contributed by atoms with Crippen molar-refractivity contribution in [3.63, 3.8) is 0 Å². The molecule has 1 amide bonds. The van der Waals surface area contributed by atoms with Crippen LogP contribution in [0.25, 0.3) is 11.1 Å². The van der Waals surface area contributed by atoms with Crippen molar-refractivity contribution in [2.45, 2.75) is 0 Å². The molecule has 3 N–H and O–H groups in total. The Labute approximate surface area is 98.9 Å². The molecule has 4 nitrogen and oxygen atoms in total. The fraction of sp³-hybridized carbons (Fsp3) is 0. The molecule has 2 rings (SSSR count). The Bertz CT molecular complexity index is 512. The first-order valence-corrected chi connectivity index (χ1v) is 5.17. The van der Waals surface area contributed by atoms with E-state index in [2.05, 4.69) is 10.9 Å². The van der Waals surface area contributed by atoms with Crippen LogP contribution in [0.4, 0.5) is 10.5 Å². The van der Waals surface area contributed by atoms with Crippen molar-refractivity contribution >= 4 is 11.8 Å². The maximum atomic E-state index is 10.4. The Morgan fingerprint density at radius 1 is 0.941 bits per heavy atom. The summed E-state index contributed by atoms with van der Waals surface area (Å²) in [6.45, 7) is 0. The summed E-state index contributed by atoms with van der Waals surface area (Å²) in [5, 5.41) is 8.56. The number of amides is 1. The molecule has 0 unspecified atom stereocenters. The molecule has 0 aliphatic carbocycles. The molecule has 2 aromatic rings. The Kier molecular flexibility index (Phi) is 3.25. The maximum Gasteiger partial charge on any atom is 0.423 e. The molecule has 0 aliphatic heterocycles. The first-order valence-electron chi connectivity index (χ1n) is 5.17. The van der Waals surface area contributed by atoms with Crippen LogP contribution in [0, 0.1) is 0 Å². The van der Waals surface area contributed by atoms with Crippen molar-refractivity contribution in [3.05, 3.63) is 54.6 Å². The third-order valence-electron chi connectivity index (χ3n) is 2.32. The molecule has 17 heavy (non-hydrogen) atoms. The second kappa shape index (κ2) is 5.03. The zero-order chi connectivity index (χ0) is 12.1. The van der Waals surface area contributed by atoms with E-state index in [0.717, 1.165) is 16.8 Å². The van der Waals surface area contributed by atoms with Crippen LogP contribution >= 0.6 is 0 Å². The second-order valence-electron chi connectivity index (χ2n) is 3.47. The minimum absolute atomic E-state index is 0.723. The monoisotopic (exact) mass is 228 g/mol. The Morgan fingerprint density at radius 2 is 1.59 bits per heavy atom. The quantitative estimate of drug-likeness (QED) is 0.708. The minimum Gasteiger partial charge on any atom is -0.464 e. The van der Waals surface area contributed by atoms with Gasteiger partial charge in [0.2, 0.25) is 0 Å². The number of hydrogen-bond donors (Lipinski definition) is 3. The molecule has 2 aromatic carbocycles. The molecule has 0 radical (unpaired) electrons. The summed E-state index contributed by atoms with van der Waals surface area (Å²) in [4.78, 5) is 10.4. The summed E-state index contributed by atoms with van der Waals surface area (Å²) in [6, 6.07) is 17.3. The summed E-state index contributed by atoms with van der Waals surface area (Å²) >= 11 is 0. The first-order chi connectivity index (χ1) is 8.27. The van der Waals surface area contributed by atoms with Crippen LogP contribution in [0.2, 0.25) is 0 Å². The fourth-order valence-electron chi connectivity index (χ4n) is 1.58. The molecule has 0 fully saturated rings. The third kappa shape index (κ3) is 2.75. The Morgan fingerprint density at radius 3 is 2.29 bits per heavy atom. The minimum atomic E-state index is -1.12. The highest BCUT2D eigenvalue weighted by molar-refractivity contribution is 5.79. The number of hydrazine groups is 1. The summed E-state index contributed by atoms with van der Waals surface area (Å²) in [7, 11) is 0. The molecular formula is C13H12N2O2. The highest BCUT2D eigenvalue weighted by Crippen LogP contribution is 2.26. The lowest BCUT2D eigenvalue weighted by atomic mass is 10.0. The van der Waals surface area contributed by atoms with E-state index in [0.29, 0.717) is 0 Å². The van der Waals surface area contributed by atoms with Gasteiger partial charge in [0.1, 0.15) is 0 Å². The topological polar surface area (TPSA) is 61.4 Å². The zero-order valence-corrected chi connectivity index (χ0v) is 9.05. The number of benzene rings is 2. The molecule has 0 aromatic heterocycles. The van der Waals surface area contributed by atoms with Gasteiger partial charge in [0.05, 0.1) is 5.69 Å². The van der Waals surface area contributed by atoms with E-state index in [1.165, 1.54) is 0 Å². The van der Waals surface area contributed by atoms with E-state index >= 15 is 0 Å². The van der Waals surface area contributed by atoms with Gasteiger partial charge >= 0.3 is 6.09 Å². The van der Waals surface area contributed by atoms with Gasteiger partial charge in [-0.2, -0.15) is 0 Å². The van der Waals surface area contributed by atoms with Gasteiger partial charge in [-0.05, 0) is 11.6 Å². The van der Waals surface area contributed by atoms with Crippen molar-refractivity contribution in [3.8, 4) is 11.1 Å². The van der Waals surface area contributed by atoms with Crippen molar-refractivity contribution in [1.82, 2.24) is 5.43 Å². The van der Waals surface area contributed by atoms with Crippen LogP contribution in [0.5, 0.6) is 0 Å². The molecule has 86 valence electrons. The SMILES string of the molecule is O=C(O)NNc1ccccc1-c1ccccc1. The number of carbonyl (C=O) groups is 1. The fourth-order valence-corrected chi connectivity index (χ4v) is 1.58. The highest BCUT2D eigenvalue weighted by atomic mass is 16.4. The molecule has 0 atom stereocenters. The number of carboxylic acid groups (broad SMARTS) is 1. The van der Waals surface area contributed by atoms with Crippen molar-refractivity contribution in [2.24, 2.45) is 0 Å². The van der Waals surface area contributed by atoms with Crippen molar-refractivity contribution < 1.29 is 9.90 Å². The summed E-state index contributed by atoms with van der Waals surface area (Å²) < 4.78 is 0. The van der Waals surface area contributed by atoms with Crippen molar-refractivity contribution in [2.75, 3.05) is 5.43 Å². The smallest absolute Gasteiger partial charge is 0.423 e. The van der Waals surface area contributed by atoms with Crippen LogP contribution in [-0.2, 0) is 0 Å². The van der Waals surface area contributed by atoms with E-state index < -0.39 is 6.09 Å².